The molecule has 146 valence electrons. The van der Waals surface area contributed by atoms with Crippen LogP contribution in [0.1, 0.15) is 21.6 Å². The van der Waals surface area contributed by atoms with Crippen LogP contribution in [0.25, 0.3) is 0 Å². The van der Waals surface area contributed by atoms with Gasteiger partial charge in [-0.05, 0) is 29.3 Å². The van der Waals surface area contributed by atoms with Crippen LogP contribution in [0.2, 0.25) is 0 Å². The Bertz CT molecular complexity index is 1060. The molecule has 28 heavy (non-hydrogen) atoms. The van der Waals surface area contributed by atoms with Crippen molar-refractivity contribution >= 4 is 15.9 Å². The molecule has 0 radical (unpaired) electrons. The van der Waals surface area contributed by atoms with Crippen molar-refractivity contribution in [3.63, 3.8) is 0 Å². The Morgan fingerprint density at radius 3 is 2.36 bits per heavy atom. The lowest BCUT2D eigenvalue weighted by atomic mass is 10.2. The Balaban J connectivity index is 1.76. The fourth-order valence-corrected chi connectivity index (χ4v) is 4.02. The highest BCUT2D eigenvalue weighted by Gasteiger charge is 2.21. The van der Waals surface area contributed by atoms with E-state index in [-0.39, 0.29) is 17.3 Å². The van der Waals surface area contributed by atoms with Gasteiger partial charge < -0.3 is 9.88 Å². The molecule has 0 bridgehead atoms. The quantitative estimate of drug-likeness (QED) is 0.666. The van der Waals surface area contributed by atoms with Crippen molar-refractivity contribution in [2.45, 2.75) is 18.0 Å². The minimum atomic E-state index is -3.58. The van der Waals surface area contributed by atoms with Crippen LogP contribution >= 0.6 is 0 Å². The van der Waals surface area contributed by atoms with E-state index in [0.29, 0.717) is 17.8 Å². The molecular formula is C21H23N3O3S. The predicted molar refractivity (Wildman–Crippen MR) is 108 cm³/mol. The van der Waals surface area contributed by atoms with Gasteiger partial charge in [0, 0.05) is 33.4 Å². The van der Waals surface area contributed by atoms with Crippen LogP contribution in [0.3, 0.4) is 0 Å². The average Bonchev–Trinajstić information content (AvgIpc) is 3.15. The number of carbonyl (C=O) groups excluding carboxylic acids is 1. The molecule has 2 aromatic carbocycles. The number of benzene rings is 2. The van der Waals surface area contributed by atoms with E-state index in [1.165, 1.54) is 18.4 Å². The fraction of sp³-hybridized carbons (Fsp3) is 0.190. The number of amides is 1. The number of aromatic nitrogens is 1. The van der Waals surface area contributed by atoms with Crippen molar-refractivity contribution in [1.29, 1.82) is 0 Å². The van der Waals surface area contributed by atoms with E-state index in [4.69, 9.17) is 0 Å². The Hall–Kier alpha value is -2.90. The van der Waals surface area contributed by atoms with Gasteiger partial charge in [-0.3, -0.25) is 4.79 Å². The van der Waals surface area contributed by atoms with Crippen molar-refractivity contribution < 1.29 is 13.2 Å². The molecule has 3 rings (SSSR count). The summed E-state index contributed by atoms with van der Waals surface area (Å²) in [6, 6.07) is 20.1. The maximum atomic E-state index is 12.7. The number of sulfonamides is 1. The molecule has 1 N–H and O–H groups in total. The lowest BCUT2D eigenvalue weighted by Crippen LogP contribution is -2.28. The molecule has 1 amide bonds. The van der Waals surface area contributed by atoms with Gasteiger partial charge in [-0.15, -0.1) is 0 Å². The smallest absolute Gasteiger partial charge is 0.268 e. The maximum absolute atomic E-state index is 12.7. The van der Waals surface area contributed by atoms with Gasteiger partial charge in [0.2, 0.25) is 10.0 Å². The first-order valence-electron chi connectivity index (χ1n) is 8.87. The largest absolute Gasteiger partial charge is 0.347 e. The van der Waals surface area contributed by atoms with Crippen LogP contribution in [-0.2, 0) is 23.1 Å². The number of nitrogens with one attached hydrogen (secondary N) is 1. The highest BCUT2D eigenvalue weighted by molar-refractivity contribution is 7.89. The molecule has 0 fully saturated rings. The van der Waals surface area contributed by atoms with Gasteiger partial charge in [0.15, 0.2) is 0 Å². The minimum Gasteiger partial charge on any atom is -0.347 e. The Labute approximate surface area is 165 Å². The molecule has 0 unspecified atom stereocenters. The second-order valence-corrected chi connectivity index (χ2v) is 8.71. The predicted octanol–water partition coefficient (Wildman–Crippen LogP) is 2.72. The second-order valence-electron chi connectivity index (χ2n) is 6.58. The van der Waals surface area contributed by atoms with Crippen molar-refractivity contribution in [2.75, 3.05) is 14.1 Å². The lowest BCUT2D eigenvalue weighted by molar-refractivity contribution is 0.0941. The number of hydrogen-bond donors (Lipinski definition) is 1. The molecule has 7 heteroatoms. The molecule has 0 spiro atoms. The topological polar surface area (TPSA) is 71.4 Å². The van der Waals surface area contributed by atoms with Gasteiger partial charge in [0.25, 0.3) is 5.91 Å². The first-order chi connectivity index (χ1) is 13.4. The van der Waals surface area contributed by atoms with Crippen molar-refractivity contribution in [2.24, 2.45) is 0 Å². The van der Waals surface area contributed by atoms with Crippen molar-refractivity contribution in [3.05, 3.63) is 89.7 Å². The fourth-order valence-electron chi connectivity index (χ4n) is 2.90. The van der Waals surface area contributed by atoms with Crippen LogP contribution < -0.4 is 5.32 Å². The standard InChI is InChI=1S/C21H23N3O3S/c1-23(2)28(26,27)20-13-7-6-11-18(20)15-22-21(25)19-12-8-14-24(19)16-17-9-4-3-5-10-17/h3-14H,15-16H2,1-2H3,(H,22,25). The van der Waals surface area contributed by atoms with E-state index in [1.807, 2.05) is 47.2 Å². The number of rotatable bonds is 7. The Morgan fingerprint density at radius 1 is 0.964 bits per heavy atom. The molecule has 1 heterocycles. The lowest BCUT2D eigenvalue weighted by Gasteiger charge is -2.16. The van der Waals surface area contributed by atoms with Crippen LogP contribution in [-0.4, -0.2) is 37.3 Å². The summed E-state index contributed by atoms with van der Waals surface area (Å²) < 4.78 is 28.0. The number of nitrogens with zero attached hydrogens (tertiary/aromatic N) is 2. The van der Waals surface area contributed by atoms with Gasteiger partial charge in [0.1, 0.15) is 5.69 Å². The van der Waals surface area contributed by atoms with Crippen LogP contribution in [0, 0.1) is 0 Å². The zero-order valence-electron chi connectivity index (χ0n) is 15.9. The normalized spacial score (nSPS) is 11.5. The van der Waals surface area contributed by atoms with Gasteiger partial charge in [-0.25, -0.2) is 12.7 Å². The number of hydrogen-bond acceptors (Lipinski definition) is 3. The van der Waals surface area contributed by atoms with E-state index < -0.39 is 10.0 Å². The monoisotopic (exact) mass is 397 g/mol. The van der Waals surface area contributed by atoms with E-state index in [1.54, 1.807) is 30.3 Å². The Kier molecular flexibility index (Phi) is 5.96. The Morgan fingerprint density at radius 2 is 1.64 bits per heavy atom. The molecular weight excluding hydrogens is 374 g/mol. The molecule has 0 saturated carbocycles. The molecule has 3 aromatic rings. The summed E-state index contributed by atoms with van der Waals surface area (Å²) in [4.78, 5) is 12.9. The van der Waals surface area contributed by atoms with E-state index in [9.17, 15) is 13.2 Å². The summed E-state index contributed by atoms with van der Waals surface area (Å²) in [6.07, 6.45) is 1.85. The van der Waals surface area contributed by atoms with E-state index in [2.05, 4.69) is 5.32 Å². The highest BCUT2D eigenvalue weighted by atomic mass is 32.2. The number of carbonyl (C=O) groups is 1. The molecule has 0 aliphatic rings. The SMILES string of the molecule is CN(C)S(=O)(=O)c1ccccc1CNC(=O)c1cccn1Cc1ccccc1. The summed E-state index contributed by atoms with van der Waals surface area (Å²) in [5, 5.41) is 2.84. The third-order valence-corrected chi connectivity index (χ3v) is 6.34. The highest BCUT2D eigenvalue weighted by Crippen LogP contribution is 2.18. The van der Waals surface area contributed by atoms with Crippen molar-refractivity contribution in [3.8, 4) is 0 Å². The van der Waals surface area contributed by atoms with Crippen LogP contribution in [0.5, 0.6) is 0 Å². The van der Waals surface area contributed by atoms with E-state index in [0.717, 1.165) is 5.56 Å². The zero-order valence-corrected chi connectivity index (χ0v) is 16.7. The second kappa shape index (κ2) is 8.41. The van der Waals surface area contributed by atoms with Crippen LogP contribution in [0.15, 0.2) is 77.8 Å². The van der Waals surface area contributed by atoms with Crippen molar-refractivity contribution in [1.82, 2.24) is 14.2 Å². The average molecular weight is 398 g/mol. The van der Waals surface area contributed by atoms with Gasteiger partial charge >= 0.3 is 0 Å². The summed E-state index contributed by atoms with van der Waals surface area (Å²) in [7, 11) is -0.607. The molecule has 0 saturated heterocycles. The zero-order chi connectivity index (χ0) is 20.1. The molecule has 6 nitrogen and oxygen atoms in total. The first kappa shape index (κ1) is 19.9. The summed E-state index contributed by atoms with van der Waals surface area (Å²) in [5.41, 5.74) is 2.16. The van der Waals surface area contributed by atoms with Gasteiger partial charge in [-0.2, -0.15) is 0 Å². The molecule has 1 aromatic heterocycles. The minimum absolute atomic E-state index is 0.124. The molecule has 0 atom stereocenters. The van der Waals surface area contributed by atoms with Gasteiger partial charge in [0.05, 0.1) is 4.90 Å². The summed E-state index contributed by atoms with van der Waals surface area (Å²) in [6.45, 7) is 0.709. The molecule has 0 aliphatic heterocycles. The van der Waals surface area contributed by atoms with Crippen LogP contribution in [0.4, 0.5) is 0 Å². The first-order valence-corrected chi connectivity index (χ1v) is 10.3. The van der Waals surface area contributed by atoms with Gasteiger partial charge in [-0.1, -0.05) is 48.5 Å². The summed E-state index contributed by atoms with van der Waals surface area (Å²) in [5.74, 6) is -0.252. The summed E-state index contributed by atoms with van der Waals surface area (Å²) >= 11 is 0. The third kappa shape index (κ3) is 4.32. The van der Waals surface area contributed by atoms with E-state index >= 15 is 0 Å². The molecule has 0 aliphatic carbocycles. The third-order valence-electron chi connectivity index (χ3n) is 4.43. The maximum Gasteiger partial charge on any atom is 0.268 e.